The van der Waals surface area contributed by atoms with Gasteiger partial charge in [0.25, 0.3) is 0 Å². The predicted octanol–water partition coefficient (Wildman–Crippen LogP) is 3.47. The van der Waals surface area contributed by atoms with E-state index >= 15 is 0 Å². The van der Waals surface area contributed by atoms with Gasteiger partial charge in [-0.25, -0.2) is 0 Å². The number of carbonyl (C=O) groups excluding carboxylic acids is 2. The Kier molecular flexibility index (Phi) is 6.36. The first kappa shape index (κ1) is 19.3. The lowest BCUT2D eigenvalue weighted by Crippen LogP contribution is -2.28. The molecule has 0 spiro atoms. The molecule has 1 aliphatic heterocycles. The Balaban J connectivity index is 1.57. The van der Waals surface area contributed by atoms with Crippen molar-refractivity contribution in [2.24, 2.45) is 4.99 Å². The number of hydrogen-bond donors (Lipinski definition) is 2. The van der Waals surface area contributed by atoms with Crippen LogP contribution in [0.2, 0.25) is 5.02 Å². The van der Waals surface area contributed by atoms with Gasteiger partial charge in [-0.3, -0.25) is 14.6 Å². The van der Waals surface area contributed by atoms with Gasteiger partial charge >= 0.3 is 0 Å². The van der Waals surface area contributed by atoms with Gasteiger partial charge in [0.15, 0.2) is 5.17 Å². The second-order valence-electron chi connectivity index (χ2n) is 5.79. The zero-order valence-electron chi connectivity index (χ0n) is 14.6. The number of halogens is 1. The van der Waals surface area contributed by atoms with E-state index in [2.05, 4.69) is 15.6 Å². The van der Waals surface area contributed by atoms with E-state index in [9.17, 15) is 9.59 Å². The molecular weight excluding hydrogens is 386 g/mol. The summed E-state index contributed by atoms with van der Waals surface area (Å²) in [5.74, 6) is 0.268. The Hall–Kier alpha value is -2.51. The van der Waals surface area contributed by atoms with Crippen LogP contribution < -0.4 is 15.4 Å². The van der Waals surface area contributed by atoms with Crippen LogP contribution in [-0.2, 0) is 16.1 Å². The highest BCUT2D eigenvalue weighted by Crippen LogP contribution is 2.25. The molecule has 1 aliphatic rings. The zero-order chi connectivity index (χ0) is 19.2. The molecule has 140 valence electrons. The fraction of sp³-hybridized carbons (Fsp3) is 0.211. The molecule has 27 heavy (non-hydrogen) atoms. The van der Waals surface area contributed by atoms with Crippen molar-refractivity contribution in [2.75, 3.05) is 12.4 Å². The van der Waals surface area contributed by atoms with Crippen molar-refractivity contribution in [3.05, 3.63) is 59.1 Å². The van der Waals surface area contributed by atoms with Crippen molar-refractivity contribution in [1.29, 1.82) is 0 Å². The maximum Gasteiger partial charge on any atom is 0.240 e. The normalized spacial score (nSPS) is 17.6. The fourth-order valence-electron chi connectivity index (χ4n) is 2.55. The minimum atomic E-state index is -0.513. The summed E-state index contributed by atoms with van der Waals surface area (Å²) >= 11 is 7.16. The number of rotatable bonds is 6. The monoisotopic (exact) mass is 403 g/mol. The van der Waals surface area contributed by atoms with E-state index in [4.69, 9.17) is 16.3 Å². The first-order valence-corrected chi connectivity index (χ1v) is 9.50. The minimum absolute atomic E-state index is 0.0523. The van der Waals surface area contributed by atoms with Crippen molar-refractivity contribution < 1.29 is 14.3 Å². The molecule has 8 heteroatoms. The van der Waals surface area contributed by atoms with Crippen LogP contribution in [0, 0.1) is 0 Å². The third-order valence-corrected chi connectivity index (χ3v) is 5.20. The van der Waals surface area contributed by atoms with E-state index in [1.54, 1.807) is 31.4 Å². The van der Waals surface area contributed by atoms with Gasteiger partial charge in [0.1, 0.15) is 11.0 Å². The summed E-state index contributed by atoms with van der Waals surface area (Å²) in [4.78, 5) is 28.7. The molecule has 1 saturated heterocycles. The molecule has 0 saturated carbocycles. The molecule has 3 rings (SSSR count). The summed E-state index contributed by atoms with van der Waals surface area (Å²) in [6.07, 6.45) is 0.0523. The van der Waals surface area contributed by atoms with Gasteiger partial charge in [-0.15, -0.1) is 0 Å². The Morgan fingerprint density at radius 2 is 2.11 bits per heavy atom. The Morgan fingerprint density at radius 3 is 2.89 bits per heavy atom. The van der Waals surface area contributed by atoms with Gasteiger partial charge in [0, 0.05) is 22.7 Å². The summed E-state index contributed by atoms with van der Waals surface area (Å²) < 4.78 is 5.29. The van der Waals surface area contributed by atoms with Crippen LogP contribution in [0.25, 0.3) is 0 Å². The van der Waals surface area contributed by atoms with Gasteiger partial charge in [0.05, 0.1) is 13.7 Å². The molecular formula is C19H18ClN3O3S. The number of hydrogen-bond acceptors (Lipinski definition) is 5. The summed E-state index contributed by atoms with van der Waals surface area (Å²) in [5, 5.41) is 5.99. The number of benzene rings is 2. The molecule has 0 bridgehead atoms. The lowest BCUT2D eigenvalue weighted by atomic mass is 10.2. The molecule has 2 aromatic rings. The molecule has 1 heterocycles. The van der Waals surface area contributed by atoms with Crippen LogP contribution >= 0.6 is 23.4 Å². The highest BCUT2D eigenvalue weighted by Gasteiger charge is 2.32. The smallest absolute Gasteiger partial charge is 0.240 e. The number of thioether (sulfide) groups is 1. The molecule has 1 atom stereocenters. The first-order valence-electron chi connectivity index (χ1n) is 8.24. The second kappa shape index (κ2) is 8.92. The number of anilines is 1. The van der Waals surface area contributed by atoms with E-state index in [0.717, 1.165) is 11.3 Å². The highest BCUT2D eigenvalue weighted by atomic mass is 35.5. The van der Waals surface area contributed by atoms with Gasteiger partial charge in [-0.2, -0.15) is 0 Å². The number of amidine groups is 1. The zero-order valence-corrected chi connectivity index (χ0v) is 16.1. The number of ether oxygens (including phenoxy) is 1. The standard InChI is InChI=1S/C19H18ClN3O3S/c1-26-15-8-3-2-5-12(15)11-21-19-23-18(25)16(27-19)10-17(24)22-14-7-4-6-13(20)9-14/h2-9,16H,10-11H2,1H3,(H,22,24)(H,21,23,25)/t16-/m1/s1. The Labute approximate surface area is 166 Å². The maximum atomic E-state index is 12.2. The van der Waals surface area contributed by atoms with E-state index in [1.807, 2.05) is 24.3 Å². The minimum Gasteiger partial charge on any atom is -0.496 e. The molecule has 1 fully saturated rings. The summed E-state index contributed by atoms with van der Waals surface area (Å²) in [5.41, 5.74) is 1.52. The summed E-state index contributed by atoms with van der Waals surface area (Å²) in [7, 11) is 1.60. The summed E-state index contributed by atoms with van der Waals surface area (Å²) in [6, 6.07) is 14.4. The molecule has 0 unspecified atom stereocenters. The number of para-hydroxylation sites is 1. The quantitative estimate of drug-likeness (QED) is 0.774. The third kappa shape index (κ3) is 5.24. The van der Waals surface area contributed by atoms with Crippen LogP contribution in [0.4, 0.5) is 5.69 Å². The average molecular weight is 404 g/mol. The number of carbonyl (C=O) groups is 2. The lowest BCUT2D eigenvalue weighted by molar-refractivity contribution is -0.122. The van der Waals surface area contributed by atoms with Gasteiger partial charge < -0.3 is 15.4 Å². The largest absolute Gasteiger partial charge is 0.496 e. The molecule has 2 amide bonds. The lowest BCUT2D eigenvalue weighted by Gasteiger charge is -2.07. The molecule has 0 aliphatic carbocycles. The van der Waals surface area contributed by atoms with E-state index < -0.39 is 5.25 Å². The fourth-order valence-corrected chi connectivity index (χ4v) is 3.71. The van der Waals surface area contributed by atoms with Crippen molar-refractivity contribution in [2.45, 2.75) is 18.2 Å². The Bertz CT molecular complexity index is 888. The SMILES string of the molecule is COc1ccccc1CN=C1NC(=O)[C@@H](CC(=O)Nc2cccc(Cl)c2)S1. The number of nitrogens with one attached hydrogen (secondary N) is 2. The number of methoxy groups -OCH3 is 1. The van der Waals surface area contributed by atoms with Crippen LogP contribution in [0.1, 0.15) is 12.0 Å². The topological polar surface area (TPSA) is 79.8 Å². The number of nitrogens with zero attached hydrogens (tertiary/aromatic N) is 1. The van der Waals surface area contributed by atoms with E-state index in [-0.39, 0.29) is 18.2 Å². The van der Waals surface area contributed by atoms with Crippen LogP contribution in [0.3, 0.4) is 0 Å². The average Bonchev–Trinajstić information content (AvgIpc) is 2.99. The second-order valence-corrected chi connectivity index (χ2v) is 7.42. The van der Waals surface area contributed by atoms with Gasteiger partial charge in [-0.05, 0) is 24.3 Å². The summed E-state index contributed by atoms with van der Waals surface area (Å²) in [6.45, 7) is 0.383. The van der Waals surface area contributed by atoms with Crippen molar-refractivity contribution in [1.82, 2.24) is 5.32 Å². The third-order valence-electron chi connectivity index (χ3n) is 3.84. The molecule has 2 aromatic carbocycles. The van der Waals surface area contributed by atoms with Crippen LogP contribution in [-0.4, -0.2) is 29.3 Å². The first-order chi connectivity index (χ1) is 13.0. The van der Waals surface area contributed by atoms with Gasteiger partial charge in [-0.1, -0.05) is 47.6 Å². The van der Waals surface area contributed by atoms with E-state index in [0.29, 0.717) is 22.4 Å². The molecule has 6 nitrogen and oxygen atoms in total. The van der Waals surface area contributed by atoms with E-state index in [1.165, 1.54) is 11.8 Å². The van der Waals surface area contributed by atoms with Crippen LogP contribution in [0.15, 0.2) is 53.5 Å². The molecule has 0 aromatic heterocycles. The maximum absolute atomic E-state index is 12.2. The predicted molar refractivity (Wildman–Crippen MR) is 108 cm³/mol. The van der Waals surface area contributed by atoms with Crippen molar-refractivity contribution in [3.63, 3.8) is 0 Å². The van der Waals surface area contributed by atoms with Gasteiger partial charge in [0.2, 0.25) is 11.8 Å². The number of aliphatic imine (C=N–C) groups is 1. The highest BCUT2D eigenvalue weighted by molar-refractivity contribution is 8.15. The van der Waals surface area contributed by atoms with Crippen molar-refractivity contribution >= 4 is 46.0 Å². The van der Waals surface area contributed by atoms with Crippen LogP contribution in [0.5, 0.6) is 5.75 Å². The van der Waals surface area contributed by atoms with Crippen molar-refractivity contribution in [3.8, 4) is 5.75 Å². The Morgan fingerprint density at radius 1 is 1.30 bits per heavy atom. The molecule has 2 N–H and O–H groups in total. The number of amides is 2. The molecule has 0 radical (unpaired) electrons.